The van der Waals surface area contributed by atoms with Crippen molar-refractivity contribution in [3.8, 4) is 5.75 Å². The van der Waals surface area contributed by atoms with E-state index in [-0.39, 0.29) is 60.1 Å². The van der Waals surface area contributed by atoms with E-state index in [1.807, 2.05) is 0 Å². The molecule has 7 nitrogen and oxygen atoms in total. The van der Waals surface area contributed by atoms with Crippen LogP contribution in [0.1, 0.15) is 12.8 Å². The molecular weight excluding hydrogens is 515 g/mol. The Morgan fingerprint density at radius 2 is 1.62 bits per heavy atom. The first-order chi connectivity index (χ1) is 17.8. The Balaban J connectivity index is 1.08. The summed E-state index contributed by atoms with van der Waals surface area (Å²) < 4.78 is 5.61. The van der Waals surface area contributed by atoms with Gasteiger partial charge in [-0.25, -0.2) is 4.90 Å². The van der Waals surface area contributed by atoms with E-state index in [9.17, 15) is 19.2 Å². The number of benzene rings is 2. The maximum absolute atomic E-state index is 13.4. The highest BCUT2D eigenvalue weighted by molar-refractivity contribution is 6.36. The lowest BCUT2D eigenvalue weighted by Gasteiger charge is -2.37. The summed E-state index contributed by atoms with van der Waals surface area (Å²) >= 11 is 12.3. The molecule has 7 atom stereocenters. The van der Waals surface area contributed by atoms with Gasteiger partial charge in [0.2, 0.25) is 17.7 Å². The van der Waals surface area contributed by atoms with Gasteiger partial charge in [-0.15, -0.1) is 0 Å². The van der Waals surface area contributed by atoms with Crippen LogP contribution in [0.4, 0.5) is 11.4 Å². The van der Waals surface area contributed by atoms with E-state index in [1.54, 1.807) is 42.5 Å². The number of allylic oxidation sites excluding steroid dienone is 2. The standard InChI is InChI=1S/C28H22Cl2N2O5/c29-14-4-7-21(30)22(9-14)31-12-13(8-23(31)33)28(36)37-16-3-1-2-15(10-16)32-26(34)24-17-5-6-18(20-11-19(17)20)25(24)27(32)35/h1-7,9-10,13,17-20,24-25H,8,11-12H2/t13-,17+,18+,19-,20+,24-,25+/m1/s1. The summed E-state index contributed by atoms with van der Waals surface area (Å²) in [6.45, 7) is 0.113. The van der Waals surface area contributed by atoms with Crippen LogP contribution < -0.4 is 14.5 Å². The first-order valence-corrected chi connectivity index (χ1v) is 13.2. The molecule has 0 spiro atoms. The monoisotopic (exact) mass is 536 g/mol. The van der Waals surface area contributed by atoms with Crippen LogP contribution in [0, 0.1) is 41.4 Å². The molecule has 0 aromatic heterocycles. The molecule has 2 saturated heterocycles. The number of hydrogen-bond acceptors (Lipinski definition) is 5. The zero-order valence-corrected chi connectivity index (χ0v) is 21.1. The van der Waals surface area contributed by atoms with Gasteiger partial charge in [-0.2, -0.15) is 0 Å². The maximum atomic E-state index is 13.4. The number of hydrogen-bond donors (Lipinski definition) is 0. The molecule has 0 unspecified atom stereocenters. The van der Waals surface area contributed by atoms with Gasteiger partial charge in [0, 0.05) is 24.1 Å². The van der Waals surface area contributed by atoms with Crippen molar-refractivity contribution < 1.29 is 23.9 Å². The van der Waals surface area contributed by atoms with Gasteiger partial charge in [-0.3, -0.25) is 19.2 Å². The highest BCUT2D eigenvalue weighted by atomic mass is 35.5. The fraction of sp³-hybridized carbons (Fsp3) is 0.357. The van der Waals surface area contributed by atoms with E-state index in [1.165, 1.54) is 9.80 Å². The summed E-state index contributed by atoms with van der Waals surface area (Å²) in [4.78, 5) is 55.1. The SMILES string of the molecule is O=C(Oc1cccc(N2C(=O)[C@@H]3[C@H]4C=C[C@@H]([C@@H]5C[C@H]45)[C@@H]3C2=O)c1)[C@@H]1CC(=O)N(c2cc(Cl)ccc2Cl)C1. The van der Waals surface area contributed by atoms with Gasteiger partial charge in [0.1, 0.15) is 5.75 Å². The van der Waals surface area contributed by atoms with Gasteiger partial charge in [-0.05, 0) is 60.4 Å². The van der Waals surface area contributed by atoms with Crippen LogP contribution in [-0.4, -0.2) is 30.2 Å². The fourth-order valence-electron chi connectivity index (χ4n) is 6.89. The van der Waals surface area contributed by atoms with Crippen LogP contribution >= 0.6 is 23.2 Å². The first-order valence-electron chi connectivity index (χ1n) is 12.4. The zero-order valence-electron chi connectivity index (χ0n) is 19.6. The maximum Gasteiger partial charge on any atom is 0.316 e. The third-order valence-corrected chi connectivity index (χ3v) is 9.17. The van der Waals surface area contributed by atoms with Crippen LogP contribution in [0.3, 0.4) is 0 Å². The lowest BCUT2D eigenvalue weighted by atomic mass is 9.63. The average molecular weight is 537 g/mol. The van der Waals surface area contributed by atoms with Gasteiger partial charge < -0.3 is 9.64 Å². The molecular formula is C28H22Cl2N2O5. The highest BCUT2D eigenvalue weighted by Crippen LogP contribution is 2.65. The molecule has 9 heteroatoms. The number of esters is 1. The van der Waals surface area contributed by atoms with E-state index < -0.39 is 11.9 Å². The zero-order chi connectivity index (χ0) is 25.6. The molecule has 2 aromatic carbocycles. The van der Waals surface area contributed by atoms with E-state index in [0.29, 0.717) is 33.3 Å². The molecule has 37 heavy (non-hydrogen) atoms. The number of nitrogens with zero attached hydrogens (tertiary/aromatic N) is 2. The summed E-state index contributed by atoms with van der Waals surface area (Å²) in [6, 6.07) is 11.3. The smallest absolute Gasteiger partial charge is 0.316 e. The Labute approximate surface area is 222 Å². The van der Waals surface area contributed by atoms with Crippen molar-refractivity contribution in [1.29, 1.82) is 0 Å². The first kappa shape index (κ1) is 23.0. The fourth-order valence-corrected chi connectivity index (χ4v) is 7.27. The van der Waals surface area contributed by atoms with Crippen molar-refractivity contribution in [2.45, 2.75) is 12.8 Å². The Morgan fingerprint density at radius 1 is 0.919 bits per heavy atom. The van der Waals surface area contributed by atoms with Crippen LogP contribution in [-0.2, 0) is 19.2 Å². The summed E-state index contributed by atoms with van der Waals surface area (Å²) in [5.41, 5.74) is 0.850. The molecule has 0 radical (unpaired) electrons. The highest BCUT2D eigenvalue weighted by Gasteiger charge is 2.67. The molecule has 2 heterocycles. The summed E-state index contributed by atoms with van der Waals surface area (Å²) in [5, 5.41) is 0.794. The Kier molecular flexibility index (Phi) is 5.08. The van der Waals surface area contributed by atoms with Gasteiger partial charge in [-0.1, -0.05) is 41.4 Å². The van der Waals surface area contributed by atoms with E-state index in [4.69, 9.17) is 27.9 Å². The van der Waals surface area contributed by atoms with Gasteiger partial charge >= 0.3 is 5.97 Å². The van der Waals surface area contributed by atoms with Gasteiger partial charge in [0.15, 0.2) is 0 Å². The second-order valence-corrected chi connectivity index (χ2v) is 11.4. The number of carbonyl (C=O) groups excluding carboxylic acids is 4. The van der Waals surface area contributed by atoms with E-state index in [0.717, 1.165) is 6.42 Å². The molecule has 6 aliphatic rings. The van der Waals surface area contributed by atoms with Crippen molar-refractivity contribution >= 4 is 58.3 Å². The van der Waals surface area contributed by atoms with Crippen LogP contribution in [0.15, 0.2) is 54.6 Å². The predicted octanol–water partition coefficient (Wildman–Crippen LogP) is 4.51. The number of imide groups is 1. The van der Waals surface area contributed by atoms with Crippen molar-refractivity contribution in [2.24, 2.45) is 41.4 Å². The van der Waals surface area contributed by atoms with Crippen molar-refractivity contribution in [1.82, 2.24) is 0 Å². The number of halogens is 2. The molecule has 2 aromatic rings. The third kappa shape index (κ3) is 3.47. The predicted molar refractivity (Wildman–Crippen MR) is 136 cm³/mol. The second-order valence-electron chi connectivity index (χ2n) is 10.6. The summed E-state index contributed by atoms with van der Waals surface area (Å²) in [5.74, 6) is -0.915. The molecule has 0 N–H and O–H groups in total. The van der Waals surface area contributed by atoms with E-state index in [2.05, 4.69) is 12.2 Å². The molecule has 8 rings (SSSR count). The number of amides is 3. The Morgan fingerprint density at radius 3 is 2.32 bits per heavy atom. The molecule has 2 aliphatic heterocycles. The number of anilines is 2. The number of rotatable bonds is 4. The molecule has 4 fully saturated rings. The minimum absolute atomic E-state index is 0.0219. The molecule has 4 aliphatic carbocycles. The molecule has 2 bridgehead atoms. The summed E-state index contributed by atoms with van der Waals surface area (Å²) in [6.07, 6.45) is 5.35. The molecule has 3 amide bonds. The quantitative estimate of drug-likeness (QED) is 0.248. The lowest BCUT2D eigenvalue weighted by Crippen LogP contribution is -2.40. The minimum Gasteiger partial charge on any atom is -0.426 e. The normalized spacial score (nSPS) is 33.1. The van der Waals surface area contributed by atoms with E-state index >= 15 is 0 Å². The average Bonchev–Trinajstić information content (AvgIpc) is 3.56. The largest absolute Gasteiger partial charge is 0.426 e. The Hall–Kier alpha value is -3.16. The molecule has 2 saturated carbocycles. The van der Waals surface area contributed by atoms with Crippen LogP contribution in [0.5, 0.6) is 5.75 Å². The molecule has 188 valence electrons. The van der Waals surface area contributed by atoms with Crippen molar-refractivity contribution in [3.63, 3.8) is 0 Å². The number of carbonyl (C=O) groups is 4. The summed E-state index contributed by atoms with van der Waals surface area (Å²) in [7, 11) is 0. The van der Waals surface area contributed by atoms with Gasteiger partial charge in [0.25, 0.3) is 0 Å². The minimum atomic E-state index is -0.697. The van der Waals surface area contributed by atoms with Crippen molar-refractivity contribution in [3.05, 3.63) is 64.7 Å². The van der Waals surface area contributed by atoms with Crippen molar-refractivity contribution in [2.75, 3.05) is 16.3 Å². The topological polar surface area (TPSA) is 84.0 Å². The van der Waals surface area contributed by atoms with Crippen LogP contribution in [0.2, 0.25) is 10.0 Å². The van der Waals surface area contributed by atoms with Crippen LogP contribution in [0.25, 0.3) is 0 Å². The number of ether oxygens (including phenoxy) is 1. The Bertz CT molecular complexity index is 1390. The third-order valence-electron chi connectivity index (χ3n) is 8.61. The van der Waals surface area contributed by atoms with Gasteiger partial charge in [0.05, 0.1) is 34.2 Å². The lowest BCUT2D eigenvalue weighted by molar-refractivity contribution is -0.139. The second kappa shape index (κ2) is 8.17.